The van der Waals surface area contributed by atoms with Crippen LogP contribution in [-0.4, -0.2) is 39.7 Å². The third kappa shape index (κ3) is 6.10. The minimum absolute atomic E-state index is 0.347. The zero-order valence-electron chi connectivity index (χ0n) is 22.0. The molecule has 37 heavy (non-hydrogen) atoms. The lowest BCUT2D eigenvalue weighted by atomic mass is 9.95. The first kappa shape index (κ1) is 26.6. The van der Waals surface area contributed by atoms with Crippen molar-refractivity contribution in [3.8, 4) is 11.5 Å². The molecule has 1 aliphatic heterocycles. The van der Waals surface area contributed by atoms with Gasteiger partial charge in [0.05, 0.1) is 18.8 Å². The van der Waals surface area contributed by atoms with Gasteiger partial charge in [-0.15, -0.1) is 5.10 Å². The second-order valence-corrected chi connectivity index (χ2v) is 9.95. The van der Waals surface area contributed by atoms with Gasteiger partial charge in [-0.05, 0) is 56.2 Å². The Morgan fingerprint density at radius 2 is 1.92 bits per heavy atom. The van der Waals surface area contributed by atoms with Crippen LogP contribution in [0.3, 0.4) is 0 Å². The summed E-state index contributed by atoms with van der Waals surface area (Å²) in [6, 6.07) is 13.5. The summed E-state index contributed by atoms with van der Waals surface area (Å²) in [5.74, 6) is 2.30. The second kappa shape index (κ2) is 12.2. The number of ether oxygens (including phenoxy) is 3. The number of thioether (sulfide) groups is 1. The summed E-state index contributed by atoms with van der Waals surface area (Å²) in [6.07, 6.45) is 0.740. The SMILES string of the molecule is CCCOC(=O)C1=C(C)Nc2nc(SCC)nn2C1c1ccc(OCc2cccc(C)c2)c(OCC)c1. The van der Waals surface area contributed by atoms with Crippen molar-refractivity contribution in [2.75, 3.05) is 24.3 Å². The van der Waals surface area contributed by atoms with Gasteiger partial charge in [0.25, 0.3) is 0 Å². The summed E-state index contributed by atoms with van der Waals surface area (Å²) in [6.45, 7) is 11.1. The number of benzene rings is 2. The Morgan fingerprint density at radius 3 is 2.65 bits per heavy atom. The van der Waals surface area contributed by atoms with Crippen LogP contribution in [0.4, 0.5) is 5.95 Å². The second-order valence-electron chi connectivity index (χ2n) is 8.71. The molecule has 0 amide bonds. The third-order valence-corrected chi connectivity index (χ3v) is 6.54. The van der Waals surface area contributed by atoms with E-state index in [1.807, 2.05) is 51.1 Å². The molecule has 196 valence electrons. The number of fused-ring (bicyclic) bond motifs is 1. The van der Waals surface area contributed by atoms with Gasteiger partial charge in [0.15, 0.2) is 11.5 Å². The van der Waals surface area contributed by atoms with E-state index in [0.717, 1.165) is 23.3 Å². The number of carbonyl (C=O) groups excluding carboxylic acids is 1. The van der Waals surface area contributed by atoms with Gasteiger partial charge in [-0.2, -0.15) is 4.98 Å². The first-order valence-electron chi connectivity index (χ1n) is 12.6. The highest BCUT2D eigenvalue weighted by Crippen LogP contribution is 2.40. The Balaban J connectivity index is 1.72. The van der Waals surface area contributed by atoms with Gasteiger partial charge in [0.1, 0.15) is 12.6 Å². The molecule has 1 unspecified atom stereocenters. The fraction of sp³-hybridized carbons (Fsp3) is 0.393. The van der Waals surface area contributed by atoms with Gasteiger partial charge in [-0.1, -0.05) is 61.5 Å². The molecule has 8 nitrogen and oxygen atoms in total. The number of nitrogens with one attached hydrogen (secondary N) is 1. The normalized spacial score (nSPS) is 14.7. The first-order valence-corrected chi connectivity index (χ1v) is 13.6. The molecule has 3 aromatic rings. The smallest absolute Gasteiger partial charge is 0.338 e. The number of hydrogen-bond donors (Lipinski definition) is 1. The highest BCUT2D eigenvalue weighted by molar-refractivity contribution is 7.99. The zero-order valence-corrected chi connectivity index (χ0v) is 22.9. The quantitative estimate of drug-likeness (QED) is 0.245. The van der Waals surface area contributed by atoms with Crippen molar-refractivity contribution < 1.29 is 19.0 Å². The van der Waals surface area contributed by atoms with Crippen LogP contribution < -0.4 is 14.8 Å². The molecular weight excluding hydrogens is 488 g/mol. The minimum Gasteiger partial charge on any atom is -0.490 e. The van der Waals surface area contributed by atoms with Crippen LogP contribution in [0.1, 0.15) is 56.8 Å². The maximum absolute atomic E-state index is 13.2. The average Bonchev–Trinajstić information content (AvgIpc) is 3.28. The molecule has 4 rings (SSSR count). The lowest BCUT2D eigenvalue weighted by molar-refractivity contribution is -0.139. The maximum Gasteiger partial charge on any atom is 0.338 e. The van der Waals surface area contributed by atoms with Gasteiger partial charge in [-0.3, -0.25) is 0 Å². The van der Waals surface area contributed by atoms with E-state index < -0.39 is 6.04 Å². The fourth-order valence-corrected chi connectivity index (χ4v) is 4.77. The third-order valence-electron chi connectivity index (χ3n) is 5.82. The standard InChI is InChI=1S/C28H34N4O4S/c1-6-14-35-26(33)24-19(5)29-27-30-28(37-8-3)31-32(27)25(24)21-12-13-22(23(16-21)34-7-2)36-17-20-11-9-10-18(4)15-20/h9-13,15-16,25H,6-8,14,17H2,1-5H3,(H,29,30,31). The van der Waals surface area contributed by atoms with Gasteiger partial charge in [-0.25, -0.2) is 9.48 Å². The van der Waals surface area contributed by atoms with Crippen molar-refractivity contribution in [3.63, 3.8) is 0 Å². The van der Waals surface area contributed by atoms with E-state index in [1.165, 1.54) is 5.56 Å². The predicted octanol–water partition coefficient (Wildman–Crippen LogP) is 5.92. The fourth-order valence-electron chi connectivity index (χ4n) is 4.21. The molecule has 0 fully saturated rings. The zero-order chi connectivity index (χ0) is 26.4. The van der Waals surface area contributed by atoms with Crippen molar-refractivity contribution >= 4 is 23.7 Å². The molecule has 1 aliphatic rings. The predicted molar refractivity (Wildman–Crippen MR) is 145 cm³/mol. The van der Waals surface area contributed by atoms with Crippen LogP contribution in [0.5, 0.6) is 11.5 Å². The van der Waals surface area contributed by atoms with Crippen LogP contribution in [0.25, 0.3) is 0 Å². The summed E-state index contributed by atoms with van der Waals surface area (Å²) in [7, 11) is 0. The number of anilines is 1. The summed E-state index contributed by atoms with van der Waals surface area (Å²) >= 11 is 1.55. The molecule has 0 aliphatic carbocycles. The molecule has 0 bridgehead atoms. The van der Waals surface area contributed by atoms with Crippen molar-refractivity contribution in [3.05, 3.63) is 70.4 Å². The Bertz CT molecular complexity index is 1290. The molecule has 9 heteroatoms. The number of rotatable bonds is 11. The first-order chi connectivity index (χ1) is 17.9. The molecule has 1 N–H and O–H groups in total. The van der Waals surface area contributed by atoms with Crippen LogP contribution >= 0.6 is 11.8 Å². The highest BCUT2D eigenvalue weighted by atomic mass is 32.2. The molecule has 2 aromatic carbocycles. The Morgan fingerprint density at radius 1 is 1.08 bits per heavy atom. The summed E-state index contributed by atoms with van der Waals surface area (Å²) in [5.41, 5.74) is 4.28. The van der Waals surface area contributed by atoms with Crippen LogP contribution in [0.15, 0.2) is 58.9 Å². The van der Waals surface area contributed by atoms with Gasteiger partial charge >= 0.3 is 5.97 Å². The van der Waals surface area contributed by atoms with Crippen LogP contribution in [0, 0.1) is 6.92 Å². The number of allylic oxidation sites excluding steroid dienone is 1. The molecule has 1 atom stereocenters. The average molecular weight is 523 g/mol. The van der Waals surface area contributed by atoms with E-state index in [9.17, 15) is 4.79 Å². The van der Waals surface area contributed by atoms with E-state index in [1.54, 1.807) is 16.4 Å². The molecule has 2 heterocycles. The van der Waals surface area contributed by atoms with E-state index in [4.69, 9.17) is 19.3 Å². The van der Waals surface area contributed by atoms with E-state index in [2.05, 4.69) is 36.3 Å². The highest BCUT2D eigenvalue weighted by Gasteiger charge is 2.35. The summed E-state index contributed by atoms with van der Waals surface area (Å²) in [5, 5.41) is 8.61. The Kier molecular flexibility index (Phi) is 8.76. The molecule has 0 saturated heterocycles. The number of nitrogens with zero attached hydrogens (tertiary/aromatic N) is 3. The van der Waals surface area contributed by atoms with Gasteiger partial charge < -0.3 is 19.5 Å². The molecule has 0 saturated carbocycles. The van der Waals surface area contributed by atoms with E-state index in [0.29, 0.717) is 53.7 Å². The molecule has 0 spiro atoms. The maximum atomic E-state index is 13.2. The number of aromatic nitrogens is 3. The minimum atomic E-state index is -0.524. The lowest BCUT2D eigenvalue weighted by Gasteiger charge is -2.28. The number of aryl methyl sites for hydroxylation is 1. The van der Waals surface area contributed by atoms with Crippen molar-refractivity contribution in [2.45, 2.75) is 58.8 Å². The topological polar surface area (TPSA) is 87.5 Å². The lowest BCUT2D eigenvalue weighted by Crippen LogP contribution is -2.29. The summed E-state index contributed by atoms with van der Waals surface area (Å²) in [4.78, 5) is 17.8. The van der Waals surface area contributed by atoms with Crippen molar-refractivity contribution in [2.24, 2.45) is 0 Å². The van der Waals surface area contributed by atoms with Crippen molar-refractivity contribution in [1.82, 2.24) is 14.8 Å². The van der Waals surface area contributed by atoms with E-state index >= 15 is 0 Å². The monoisotopic (exact) mass is 522 g/mol. The largest absolute Gasteiger partial charge is 0.490 e. The van der Waals surface area contributed by atoms with Crippen LogP contribution in [0.2, 0.25) is 0 Å². The number of esters is 1. The Labute approximate surface area is 222 Å². The number of carbonyl (C=O) groups is 1. The van der Waals surface area contributed by atoms with Gasteiger partial charge in [0, 0.05) is 5.70 Å². The van der Waals surface area contributed by atoms with Crippen molar-refractivity contribution in [1.29, 1.82) is 0 Å². The summed E-state index contributed by atoms with van der Waals surface area (Å²) < 4.78 is 19.4. The van der Waals surface area contributed by atoms with E-state index in [-0.39, 0.29) is 5.97 Å². The Hall–Kier alpha value is -3.46. The van der Waals surface area contributed by atoms with Crippen LogP contribution in [-0.2, 0) is 16.1 Å². The van der Waals surface area contributed by atoms with Gasteiger partial charge in [0.2, 0.25) is 11.1 Å². The molecule has 0 radical (unpaired) electrons. The molecule has 1 aromatic heterocycles. The number of hydrogen-bond acceptors (Lipinski definition) is 8. The molecular formula is C28H34N4O4S.